The van der Waals surface area contributed by atoms with Gasteiger partial charge in [-0.15, -0.1) is 0 Å². The summed E-state index contributed by atoms with van der Waals surface area (Å²) in [4.78, 5) is 0. The molecule has 0 fully saturated rings. The molecule has 19 heavy (non-hydrogen) atoms. The van der Waals surface area contributed by atoms with E-state index in [1.54, 1.807) is 0 Å². The Hall–Kier alpha value is -1.30. The highest BCUT2D eigenvalue weighted by atomic mass is 16.7. The number of rotatable bonds is 7. The third kappa shape index (κ3) is 4.38. The van der Waals surface area contributed by atoms with Gasteiger partial charge in [0.2, 0.25) is 6.79 Å². The molecule has 1 atom stereocenters. The fraction of sp³-hybridized carbons (Fsp3) is 0.571. The minimum Gasteiger partial charge on any atom is -0.454 e. The number of fused-ring (bicyclic) bond motifs is 1. The fourth-order valence-corrected chi connectivity index (χ4v) is 1.80. The van der Waals surface area contributed by atoms with E-state index in [0.29, 0.717) is 19.7 Å². The zero-order valence-electron chi connectivity index (χ0n) is 11.4. The molecule has 1 aromatic rings. The number of hydrogen-bond acceptors (Lipinski definition) is 5. The number of nitrogens with one attached hydrogen (secondary N) is 1. The smallest absolute Gasteiger partial charge is 0.231 e. The van der Waals surface area contributed by atoms with Crippen LogP contribution in [-0.4, -0.2) is 37.3 Å². The molecule has 5 heteroatoms. The Morgan fingerprint density at radius 1 is 1.32 bits per heavy atom. The van der Waals surface area contributed by atoms with Crippen molar-refractivity contribution in [3.63, 3.8) is 0 Å². The highest BCUT2D eigenvalue weighted by Gasteiger charge is 2.13. The van der Waals surface area contributed by atoms with Gasteiger partial charge in [0.1, 0.15) is 0 Å². The summed E-state index contributed by atoms with van der Waals surface area (Å²) in [5.74, 6) is 1.57. The third-order valence-electron chi connectivity index (χ3n) is 2.77. The van der Waals surface area contributed by atoms with E-state index in [4.69, 9.17) is 14.2 Å². The lowest BCUT2D eigenvalue weighted by Gasteiger charge is -2.14. The van der Waals surface area contributed by atoms with Gasteiger partial charge in [0.25, 0.3) is 0 Å². The summed E-state index contributed by atoms with van der Waals surface area (Å²) in [7, 11) is 0. The SMILES string of the molecule is CC(C)OCC(O)CNCc1ccc2c(c1)OCO2. The molecule has 5 nitrogen and oxygen atoms in total. The standard InChI is InChI=1S/C14H21NO4/c1-10(2)17-8-12(16)7-15-6-11-3-4-13-14(5-11)19-9-18-13/h3-5,10,12,15-16H,6-9H2,1-2H3. The van der Waals surface area contributed by atoms with Crippen molar-refractivity contribution in [2.24, 2.45) is 0 Å². The van der Waals surface area contributed by atoms with Crippen LogP contribution in [0.15, 0.2) is 18.2 Å². The van der Waals surface area contributed by atoms with Crippen molar-refractivity contribution in [3.05, 3.63) is 23.8 Å². The van der Waals surface area contributed by atoms with Crippen molar-refractivity contribution in [1.82, 2.24) is 5.32 Å². The third-order valence-corrected chi connectivity index (χ3v) is 2.77. The van der Waals surface area contributed by atoms with Crippen LogP contribution in [0.3, 0.4) is 0 Å². The van der Waals surface area contributed by atoms with Crippen LogP contribution in [-0.2, 0) is 11.3 Å². The second-order valence-electron chi connectivity index (χ2n) is 4.85. The van der Waals surface area contributed by atoms with Crippen LogP contribution in [0.5, 0.6) is 11.5 Å². The van der Waals surface area contributed by atoms with Crippen LogP contribution in [0.25, 0.3) is 0 Å². The molecule has 2 N–H and O–H groups in total. The number of aliphatic hydroxyl groups is 1. The van der Waals surface area contributed by atoms with E-state index in [9.17, 15) is 5.11 Å². The van der Waals surface area contributed by atoms with Crippen molar-refractivity contribution in [2.75, 3.05) is 19.9 Å². The quantitative estimate of drug-likeness (QED) is 0.779. The highest BCUT2D eigenvalue weighted by molar-refractivity contribution is 5.44. The molecule has 106 valence electrons. The minimum absolute atomic E-state index is 0.142. The summed E-state index contributed by atoms with van der Waals surface area (Å²) < 4.78 is 15.9. The van der Waals surface area contributed by atoms with Crippen LogP contribution in [0.2, 0.25) is 0 Å². The monoisotopic (exact) mass is 267 g/mol. The van der Waals surface area contributed by atoms with Crippen LogP contribution in [0.1, 0.15) is 19.4 Å². The molecule has 0 aromatic heterocycles. The summed E-state index contributed by atoms with van der Waals surface area (Å²) >= 11 is 0. The topological polar surface area (TPSA) is 60.0 Å². The Balaban J connectivity index is 1.71. The van der Waals surface area contributed by atoms with E-state index in [1.165, 1.54) is 0 Å². The Labute approximate surface area is 113 Å². The Morgan fingerprint density at radius 2 is 2.11 bits per heavy atom. The first-order valence-electron chi connectivity index (χ1n) is 6.54. The van der Waals surface area contributed by atoms with E-state index in [0.717, 1.165) is 17.1 Å². The Bertz CT molecular complexity index is 408. The number of benzene rings is 1. The van der Waals surface area contributed by atoms with E-state index in [1.807, 2.05) is 32.0 Å². The Morgan fingerprint density at radius 3 is 2.89 bits per heavy atom. The van der Waals surface area contributed by atoms with Gasteiger partial charge >= 0.3 is 0 Å². The van der Waals surface area contributed by atoms with Crippen LogP contribution >= 0.6 is 0 Å². The van der Waals surface area contributed by atoms with E-state index < -0.39 is 6.10 Å². The number of hydrogen-bond donors (Lipinski definition) is 2. The summed E-state index contributed by atoms with van der Waals surface area (Å²) in [6, 6.07) is 5.83. The average molecular weight is 267 g/mol. The van der Waals surface area contributed by atoms with Gasteiger partial charge in [-0.1, -0.05) is 6.07 Å². The first-order valence-corrected chi connectivity index (χ1v) is 6.54. The van der Waals surface area contributed by atoms with Crippen molar-refractivity contribution < 1.29 is 19.3 Å². The van der Waals surface area contributed by atoms with E-state index >= 15 is 0 Å². The van der Waals surface area contributed by atoms with E-state index in [-0.39, 0.29) is 12.9 Å². The number of aliphatic hydroxyl groups excluding tert-OH is 1. The maximum Gasteiger partial charge on any atom is 0.231 e. The maximum absolute atomic E-state index is 9.70. The zero-order valence-corrected chi connectivity index (χ0v) is 11.4. The van der Waals surface area contributed by atoms with Crippen molar-refractivity contribution in [1.29, 1.82) is 0 Å². The molecule has 1 aromatic carbocycles. The van der Waals surface area contributed by atoms with Crippen molar-refractivity contribution in [3.8, 4) is 11.5 Å². The molecule has 0 spiro atoms. The first-order chi connectivity index (χ1) is 9.15. The predicted molar refractivity (Wildman–Crippen MR) is 71.4 cm³/mol. The van der Waals surface area contributed by atoms with Crippen molar-refractivity contribution in [2.45, 2.75) is 32.6 Å². The van der Waals surface area contributed by atoms with Gasteiger partial charge in [0.15, 0.2) is 11.5 Å². The molecular formula is C14H21NO4. The largest absolute Gasteiger partial charge is 0.454 e. The number of ether oxygens (including phenoxy) is 3. The molecule has 0 bridgehead atoms. The second-order valence-corrected chi connectivity index (χ2v) is 4.85. The minimum atomic E-state index is -0.489. The average Bonchev–Trinajstić information content (AvgIpc) is 2.83. The van der Waals surface area contributed by atoms with Gasteiger partial charge in [-0.2, -0.15) is 0 Å². The summed E-state index contributed by atoms with van der Waals surface area (Å²) in [6.45, 7) is 5.72. The second kappa shape index (κ2) is 6.75. The maximum atomic E-state index is 9.70. The zero-order chi connectivity index (χ0) is 13.7. The van der Waals surface area contributed by atoms with Gasteiger partial charge in [0.05, 0.1) is 18.8 Å². The predicted octanol–water partition coefficient (Wildman–Crippen LogP) is 1.29. The van der Waals surface area contributed by atoms with Gasteiger partial charge in [-0.25, -0.2) is 0 Å². The molecule has 1 heterocycles. The molecule has 2 rings (SSSR count). The lowest BCUT2D eigenvalue weighted by molar-refractivity contribution is 0.00630. The van der Waals surface area contributed by atoms with Crippen LogP contribution in [0, 0.1) is 0 Å². The van der Waals surface area contributed by atoms with Gasteiger partial charge < -0.3 is 24.6 Å². The lowest BCUT2D eigenvalue weighted by atomic mass is 10.2. The van der Waals surface area contributed by atoms with Crippen LogP contribution < -0.4 is 14.8 Å². The van der Waals surface area contributed by atoms with Crippen LogP contribution in [0.4, 0.5) is 0 Å². The summed E-state index contributed by atoms with van der Waals surface area (Å²) in [5, 5.41) is 12.9. The van der Waals surface area contributed by atoms with Gasteiger partial charge in [-0.3, -0.25) is 0 Å². The molecule has 0 radical (unpaired) electrons. The molecule has 1 aliphatic heterocycles. The molecule has 1 aliphatic rings. The fourth-order valence-electron chi connectivity index (χ4n) is 1.80. The molecule has 0 saturated heterocycles. The first kappa shape index (κ1) is 14.1. The molecule has 0 saturated carbocycles. The summed E-state index contributed by atoms with van der Waals surface area (Å²) in [5.41, 5.74) is 1.10. The summed E-state index contributed by atoms with van der Waals surface area (Å²) in [6.07, 6.45) is -0.347. The molecule has 0 aliphatic carbocycles. The van der Waals surface area contributed by atoms with Crippen molar-refractivity contribution >= 4 is 0 Å². The van der Waals surface area contributed by atoms with Gasteiger partial charge in [-0.05, 0) is 31.5 Å². The molecule has 1 unspecified atom stereocenters. The molecule has 0 amide bonds. The Kier molecular flexibility index (Phi) is 5.01. The molecular weight excluding hydrogens is 246 g/mol. The van der Waals surface area contributed by atoms with Gasteiger partial charge in [0, 0.05) is 13.1 Å². The highest BCUT2D eigenvalue weighted by Crippen LogP contribution is 2.32. The normalized spacial score (nSPS) is 14.9. The van der Waals surface area contributed by atoms with E-state index in [2.05, 4.69) is 5.32 Å². The lowest BCUT2D eigenvalue weighted by Crippen LogP contribution is -2.31.